The van der Waals surface area contributed by atoms with Gasteiger partial charge in [0.1, 0.15) is 5.82 Å². The summed E-state index contributed by atoms with van der Waals surface area (Å²) in [6, 6.07) is 8.13. The first kappa shape index (κ1) is 8.69. The zero-order valence-corrected chi connectivity index (χ0v) is 7.94. The van der Waals surface area contributed by atoms with Crippen molar-refractivity contribution in [3.63, 3.8) is 0 Å². The smallest absolute Gasteiger partial charge is 0.148 e. The molecular weight excluding hydrogens is 174 g/mol. The van der Waals surface area contributed by atoms with Crippen molar-refractivity contribution < 1.29 is 0 Å². The Labute approximate surface area is 82.8 Å². The molecule has 2 aromatic rings. The van der Waals surface area contributed by atoms with Crippen LogP contribution in [-0.2, 0) is 0 Å². The molecule has 1 aromatic carbocycles. The molecule has 2 rings (SSSR count). The molecule has 70 valence electrons. The van der Waals surface area contributed by atoms with E-state index in [4.69, 9.17) is 0 Å². The first-order valence-electron chi connectivity index (χ1n) is 4.44. The number of nitrogens with one attached hydrogen (secondary N) is 1. The van der Waals surface area contributed by atoms with Crippen LogP contribution in [0.3, 0.4) is 0 Å². The minimum absolute atomic E-state index is 0.762. The molecule has 3 nitrogen and oxygen atoms in total. The molecule has 0 saturated carbocycles. The van der Waals surface area contributed by atoms with Gasteiger partial charge in [0.2, 0.25) is 0 Å². The maximum absolute atomic E-state index is 4.13. The highest BCUT2D eigenvalue weighted by Gasteiger charge is 1.94. The Balaban J connectivity index is 2.19. The highest BCUT2D eigenvalue weighted by atomic mass is 15.0. The summed E-state index contributed by atoms with van der Waals surface area (Å²) in [6.07, 6.45) is 5.02. The van der Waals surface area contributed by atoms with Crippen molar-refractivity contribution in [2.75, 3.05) is 5.32 Å². The average Bonchev–Trinajstić information content (AvgIpc) is 2.19. The van der Waals surface area contributed by atoms with E-state index in [0.29, 0.717) is 0 Å². The summed E-state index contributed by atoms with van der Waals surface area (Å²) in [7, 11) is 0. The summed E-state index contributed by atoms with van der Waals surface area (Å²) < 4.78 is 0. The van der Waals surface area contributed by atoms with E-state index >= 15 is 0 Å². The number of anilines is 2. The van der Waals surface area contributed by atoms with Crippen molar-refractivity contribution in [1.29, 1.82) is 0 Å². The van der Waals surface area contributed by atoms with Crippen molar-refractivity contribution in [3.8, 4) is 0 Å². The van der Waals surface area contributed by atoms with E-state index < -0.39 is 0 Å². The van der Waals surface area contributed by atoms with Gasteiger partial charge in [0.05, 0.1) is 6.20 Å². The molecule has 1 aromatic heterocycles. The highest BCUT2D eigenvalue weighted by molar-refractivity contribution is 5.55. The molecule has 0 saturated heterocycles. The lowest BCUT2D eigenvalue weighted by Gasteiger charge is -2.04. The molecule has 0 unspecified atom stereocenters. The van der Waals surface area contributed by atoms with Crippen LogP contribution in [0.4, 0.5) is 11.5 Å². The van der Waals surface area contributed by atoms with Crippen LogP contribution < -0.4 is 5.32 Å². The van der Waals surface area contributed by atoms with Crippen LogP contribution >= 0.6 is 0 Å². The predicted molar refractivity (Wildman–Crippen MR) is 56.5 cm³/mol. The Hall–Kier alpha value is -1.90. The average molecular weight is 185 g/mol. The first-order chi connectivity index (χ1) is 6.84. The van der Waals surface area contributed by atoms with Gasteiger partial charge in [-0.2, -0.15) is 0 Å². The van der Waals surface area contributed by atoms with Gasteiger partial charge in [-0.25, -0.2) is 4.98 Å². The van der Waals surface area contributed by atoms with Gasteiger partial charge in [-0.15, -0.1) is 0 Å². The molecule has 0 bridgehead atoms. The molecule has 3 heteroatoms. The fourth-order valence-corrected chi connectivity index (χ4v) is 1.23. The number of benzene rings is 1. The van der Waals surface area contributed by atoms with Gasteiger partial charge in [-0.05, 0) is 24.6 Å². The third kappa shape index (κ3) is 2.07. The van der Waals surface area contributed by atoms with Gasteiger partial charge in [-0.1, -0.05) is 12.1 Å². The van der Waals surface area contributed by atoms with E-state index in [1.807, 2.05) is 12.1 Å². The molecule has 0 aliphatic heterocycles. The number of rotatable bonds is 2. The molecule has 0 atom stereocenters. The first-order valence-corrected chi connectivity index (χ1v) is 4.44. The molecule has 0 amide bonds. The van der Waals surface area contributed by atoms with Crippen LogP contribution in [0.15, 0.2) is 42.9 Å². The molecule has 1 heterocycles. The fraction of sp³-hybridized carbons (Fsp3) is 0.0909. The summed E-state index contributed by atoms with van der Waals surface area (Å²) in [5.41, 5.74) is 2.25. The quantitative estimate of drug-likeness (QED) is 0.781. The molecule has 14 heavy (non-hydrogen) atoms. The summed E-state index contributed by atoms with van der Waals surface area (Å²) in [4.78, 5) is 8.11. The molecule has 0 spiro atoms. The third-order valence-corrected chi connectivity index (χ3v) is 1.85. The molecule has 0 radical (unpaired) electrons. The zero-order chi connectivity index (χ0) is 9.80. The van der Waals surface area contributed by atoms with Crippen LogP contribution in [0.5, 0.6) is 0 Å². The lowest BCUT2D eigenvalue weighted by Crippen LogP contribution is -1.93. The maximum atomic E-state index is 4.13. The Bertz CT molecular complexity index is 412. The minimum atomic E-state index is 0.762. The largest absolute Gasteiger partial charge is 0.339 e. The standard InChI is InChI=1S/C11H11N3/c1-9-3-2-4-10(7-9)14-11-8-12-5-6-13-11/h2-8H,1H3,(H,13,14). The van der Waals surface area contributed by atoms with Crippen LogP contribution in [0.2, 0.25) is 0 Å². The highest BCUT2D eigenvalue weighted by Crippen LogP contribution is 2.13. The predicted octanol–water partition coefficient (Wildman–Crippen LogP) is 2.53. The second-order valence-corrected chi connectivity index (χ2v) is 3.09. The van der Waals surface area contributed by atoms with E-state index in [9.17, 15) is 0 Å². The van der Waals surface area contributed by atoms with Crippen LogP contribution in [-0.4, -0.2) is 9.97 Å². The van der Waals surface area contributed by atoms with Crippen molar-refractivity contribution >= 4 is 11.5 Å². The van der Waals surface area contributed by atoms with Gasteiger partial charge in [-0.3, -0.25) is 4.98 Å². The number of nitrogens with zero attached hydrogens (tertiary/aromatic N) is 2. The second-order valence-electron chi connectivity index (χ2n) is 3.09. The minimum Gasteiger partial charge on any atom is -0.339 e. The normalized spacial score (nSPS) is 9.79. The van der Waals surface area contributed by atoms with E-state index in [0.717, 1.165) is 11.5 Å². The monoisotopic (exact) mass is 185 g/mol. The molecule has 0 aliphatic carbocycles. The van der Waals surface area contributed by atoms with E-state index in [1.54, 1.807) is 18.6 Å². The molecule has 1 N–H and O–H groups in total. The van der Waals surface area contributed by atoms with Gasteiger partial charge in [0, 0.05) is 18.1 Å². The Morgan fingerprint density at radius 2 is 2.14 bits per heavy atom. The Kier molecular flexibility index (Phi) is 2.40. The lowest BCUT2D eigenvalue weighted by molar-refractivity contribution is 1.20. The molecular formula is C11H11N3. The summed E-state index contributed by atoms with van der Waals surface area (Å²) >= 11 is 0. The van der Waals surface area contributed by atoms with Crippen LogP contribution in [0, 0.1) is 6.92 Å². The van der Waals surface area contributed by atoms with Gasteiger partial charge < -0.3 is 5.32 Å². The van der Waals surface area contributed by atoms with E-state index in [-0.39, 0.29) is 0 Å². The number of aromatic nitrogens is 2. The number of aryl methyl sites for hydroxylation is 1. The van der Waals surface area contributed by atoms with E-state index in [2.05, 4.69) is 34.3 Å². The molecule has 0 fully saturated rings. The van der Waals surface area contributed by atoms with Gasteiger partial charge >= 0.3 is 0 Å². The molecule has 0 aliphatic rings. The SMILES string of the molecule is Cc1cccc(Nc2cnccn2)c1. The Morgan fingerprint density at radius 1 is 1.21 bits per heavy atom. The van der Waals surface area contributed by atoms with Crippen molar-refractivity contribution in [2.45, 2.75) is 6.92 Å². The lowest BCUT2D eigenvalue weighted by atomic mass is 10.2. The van der Waals surface area contributed by atoms with E-state index in [1.165, 1.54) is 5.56 Å². The fourth-order valence-electron chi connectivity index (χ4n) is 1.23. The van der Waals surface area contributed by atoms with Crippen LogP contribution in [0.1, 0.15) is 5.56 Å². The summed E-state index contributed by atoms with van der Waals surface area (Å²) in [5.74, 6) is 0.762. The summed E-state index contributed by atoms with van der Waals surface area (Å²) in [5, 5.41) is 3.17. The van der Waals surface area contributed by atoms with Crippen molar-refractivity contribution in [2.24, 2.45) is 0 Å². The topological polar surface area (TPSA) is 37.8 Å². The van der Waals surface area contributed by atoms with Crippen molar-refractivity contribution in [3.05, 3.63) is 48.4 Å². The van der Waals surface area contributed by atoms with Crippen LogP contribution in [0.25, 0.3) is 0 Å². The summed E-state index contributed by atoms with van der Waals surface area (Å²) in [6.45, 7) is 2.06. The second kappa shape index (κ2) is 3.87. The van der Waals surface area contributed by atoms with Gasteiger partial charge in [0.15, 0.2) is 0 Å². The van der Waals surface area contributed by atoms with Gasteiger partial charge in [0.25, 0.3) is 0 Å². The maximum Gasteiger partial charge on any atom is 0.148 e. The van der Waals surface area contributed by atoms with Crippen molar-refractivity contribution in [1.82, 2.24) is 9.97 Å². The Morgan fingerprint density at radius 3 is 2.86 bits per heavy atom. The number of hydrogen-bond acceptors (Lipinski definition) is 3. The number of hydrogen-bond donors (Lipinski definition) is 1. The third-order valence-electron chi connectivity index (χ3n) is 1.85. The zero-order valence-electron chi connectivity index (χ0n) is 7.94.